The highest BCUT2D eigenvalue weighted by atomic mass is 35.5. The van der Waals surface area contributed by atoms with Crippen LogP contribution in [0, 0.1) is 5.92 Å². The van der Waals surface area contributed by atoms with Crippen molar-refractivity contribution in [2.45, 2.75) is 169 Å². The van der Waals surface area contributed by atoms with Gasteiger partial charge < -0.3 is 138 Å². The summed E-state index contributed by atoms with van der Waals surface area (Å²) in [6.45, 7) is 6.26. The fourth-order valence-corrected chi connectivity index (χ4v) is 15.9. The summed E-state index contributed by atoms with van der Waals surface area (Å²) in [5.41, 5.74) is 7.41. The van der Waals surface area contributed by atoms with E-state index in [-0.39, 0.29) is 71.5 Å². The third-order valence-electron chi connectivity index (χ3n) is 22.0. The molecule has 0 aromatic heterocycles. The van der Waals surface area contributed by atoms with Crippen LogP contribution >= 0.6 is 23.2 Å². The fourth-order valence-electron chi connectivity index (χ4n) is 15.4. The average Bonchev–Trinajstić information content (AvgIpc) is 0.833. The summed E-state index contributed by atoms with van der Waals surface area (Å²) in [5.74, 6) is -16.7. The Labute approximate surface area is 735 Å². The number of carbonyl (C=O) groups excluding carboxylic acids is 9. The van der Waals surface area contributed by atoms with E-state index in [2.05, 4.69) is 73.7 Å². The van der Waals surface area contributed by atoms with Gasteiger partial charge in [0.2, 0.25) is 59.3 Å². The molecule has 44 heteroatoms. The molecule has 23 N–H and O–H groups in total. The molecule has 39 nitrogen and oxygen atoms in total. The van der Waals surface area contributed by atoms with E-state index in [0.29, 0.717) is 12.1 Å². The molecule has 11 bridgehead atoms. The Kier molecular flexibility index (Phi) is 28.4. The number of hydrogen-bond donors (Lipinski definition) is 22. The highest BCUT2D eigenvalue weighted by molar-refractivity contribution is 6.32. The molecule has 682 valence electrons. The summed E-state index contributed by atoms with van der Waals surface area (Å²) in [6, 6.07) is 10.0. The van der Waals surface area contributed by atoms with Crippen molar-refractivity contribution in [2.24, 2.45) is 16.6 Å². The molecule has 0 unspecified atom stereocenters. The van der Waals surface area contributed by atoms with E-state index in [1.165, 1.54) is 26.1 Å². The van der Waals surface area contributed by atoms with E-state index >= 15 is 24.0 Å². The molecule has 0 spiro atoms. The number of phenols is 3. The number of alkyl halides is 3. The smallest absolute Gasteiger partial charge is 0.508 e. The molecule has 8 heterocycles. The Morgan fingerprint density at radius 1 is 0.719 bits per heavy atom. The van der Waals surface area contributed by atoms with Gasteiger partial charge in [-0.05, 0) is 158 Å². The summed E-state index contributed by atoms with van der Waals surface area (Å²) in [6.07, 6.45) is -24.7. The number of halogens is 5. The lowest BCUT2D eigenvalue weighted by atomic mass is 9.84. The number of carbonyl (C=O) groups is 9. The van der Waals surface area contributed by atoms with Gasteiger partial charge in [0.25, 0.3) is 11.8 Å². The Bertz CT molecular complexity index is 5450. The van der Waals surface area contributed by atoms with Gasteiger partial charge in [-0.1, -0.05) is 67.4 Å². The monoisotopic (exact) mass is 1820 g/mol. The van der Waals surface area contributed by atoms with Crippen molar-refractivity contribution in [1.29, 1.82) is 0 Å². The number of likely N-dealkylation sites (N-methyl/N-ethyl adjacent to an activating group) is 1. The molecule has 0 radical (unpaired) electrons. The third kappa shape index (κ3) is 21.2. The van der Waals surface area contributed by atoms with Crippen LogP contribution in [-0.2, 0) is 59.1 Å². The summed E-state index contributed by atoms with van der Waals surface area (Å²) in [4.78, 5) is 138. The first-order chi connectivity index (χ1) is 60.7. The highest BCUT2D eigenvalue weighted by Gasteiger charge is 2.53. The van der Waals surface area contributed by atoms with Crippen LogP contribution in [0.15, 0.2) is 132 Å². The maximum absolute atomic E-state index is 16.4. The average molecular weight is 1820 g/mol. The molecule has 7 aromatic rings. The molecule has 0 saturated carbocycles. The van der Waals surface area contributed by atoms with Gasteiger partial charge in [-0.3, -0.25) is 59.0 Å². The minimum Gasteiger partial charge on any atom is -0.508 e. The number of aromatic hydroxyl groups is 3. The second-order valence-corrected chi connectivity index (χ2v) is 32.5. The Morgan fingerprint density at radius 3 is 2.01 bits per heavy atom. The van der Waals surface area contributed by atoms with Gasteiger partial charge in [0.1, 0.15) is 101 Å². The van der Waals surface area contributed by atoms with Crippen molar-refractivity contribution in [3.05, 3.63) is 176 Å². The molecular formula is C84H91Cl2F3N14O25. The van der Waals surface area contributed by atoms with E-state index in [4.69, 9.17) is 57.4 Å². The van der Waals surface area contributed by atoms with Crippen LogP contribution in [0.25, 0.3) is 11.1 Å². The van der Waals surface area contributed by atoms with Crippen molar-refractivity contribution in [1.82, 2.24) is 58.7 Å². The SMILES string of the molecule is CN[C@H](CC(C)C)C(=O)N[C@H]1C(=O)N[C@@H](CC(N)=O)C(=O)N[C@H]2C(=O)N[C@H]3C(=O)N[C@H](C(=O)N[C@@H](C(=O)NNC4=NCCN4)c4cc(O)cc(O)c4-c4cc3ccc4O)[C@H](O)c3ccc(c(Cl)c3)Oc3cc2cc(c3O[C@@H]2O[C@H](CO)[C@@H](O)[C@H](O)[C@H]2O[C@H]2C[C@](C)(NCc3cccc(NC(=O)c4ccc(OC(F)(F)F)cc4)c3)[C@H](O)[C@H](C)O2)Oc2ccc(cc2Cl)[C@H]1O. The van der Waals surface area contributed by atoms with Gasteiger partial charge >= 0.3 is 6.36 Å². The van der Waals surface area contributed by atoms with Crippen LogP contribution in [0.2, 0.25) is 10.0 Å². The summed E-state index contributed by atoms with van der Waals surface area (Å²) < 4.78 is 82.1. The second kappa shape index (κ2) is 39.0. The number of hydrogen-bond acceptors (Lipinski definition) is 30. The number of aliphatic imine (C=N–C) groups is 1. The lowest BCUT2D eigenvalue weighted by Gasteiger charge is -2.48. The van der Waals surface area contributed by atoms with Gasteiger partial charge in [-0.15, -0.1) is 13.2 Å². The molecule has 7 aromatic carbocycles. The normalized spacial score (nSPS) is 26.2. The number of anilines is 1. The van der Waals surface area contributed by atoms with Crippen molar-refractivity contribution >= 4 is 88.0 Å². The Morgan fingerprint density at radius 2 is 1.38 bits per heavy atom. The molecular weight excluding hydrogens is 1730 g/mol. The number of benzene rings is 7. The van der Waals surface area contributed by atoms with Crippen LogP contribution in [0.3, 0.4) is 0 Å². The predicted octanol–water partition coefficient (Wildman–Crippen LogP) is 2.58. The lowest BCUT2D eigenvalue weighted by molar-refractivity contribution is -0.334. The van der Waals surface area contributed by atoms with Crippen molar-refractivity contribution in [2.75, 3.05) is 32.1 Å². The largest absolute Gasteiger partial charge is 0.573 e. The van der Waals surface area contributed by atoms with E-state index in [9.17, 15) is 78.3 Å². The summed E-state index contributed by atoms with van der Waals surface area (Å²) >= 11 is 14.4. The number of amides is 9. The second-order valence-electron chi connectivity index (χ2n) is 31.6. The van der Waals surface area contributed by atoms with Gasteiger partial charge in [0.05, 0.1) is 47.9 Å². The van der Waals surface area contributed by atoms with E-state index in [1.807, 2.05) is 0 Å². The van der Waals surface area contributed by atoms with Gasteiger partial charge in [0.15, 0.2) is 23.9 Å². The first-order valence-corrected chi connectivity index (χ1v) is 40.8. The topological polar surface area (TPSA) is 583 Å². The Balaban J connectivity index is 0.950. The van der Waals surface area contributed by atoms with Gasteiger partial charge in [-0.2, -0.15) is 0 Å². The summed E-state index contributed by atoms with van der Waals surface area (Å²) in [5, 5.41) is 133. The van der Waals surface area contributed by atoms with Gasteiger partial charge in [-0.25, -0.2) is 0 Å². The van der Waals surface area contributed by atoms with Crippen LogP contribution in [0.4, 0.5) is 18.9 Å². The van der Waals surface area contributed by atoms with Crippen molar-refractivity contribution < 1.29 is 135 Å². The molecule has 2 saturated heterocycles. The molecule has 15 rings (SSSR count). The van der Waals surface area contributed by atoms with Crippen molar-refractivity contribution in [3.8, 4) is 62.9 Å². The maximum Gasteiger partial charge on any atom is 0.573 e. The maximum atomic E-state index is 16.4. The highest BCUT2D eigenvalue weighted by Crippen LogP contribution is 2.50. The summed E-state index contributed by atoms with van der Waals surface area (Å²) in [7, 11) is 1.46. The number of phenolic OH excluding ortho intramolecular Hbond substituents is 3. The molecule has 8 aliphatic heterocycles. The van der Waals surface area contributed by atoms with Crippen molar-refractivity contribution in [3.63, 3.8) is 0 Å². The number of hydrazine groups is 1. The van der Waals surface area contributed by atoms with E-state index in [0.717, 1.165) is 91.0 Å². The zero-order chi connectivity index (χ0) is 92.2. The number of nitrogens with zero attached hydrogens (tertiary/aromatic N) is 1. The van der Waals surface area contributed by atoms with Gasteiger partial charge in [0, 0.05) is 53.5 Å². The van der Waals surface area contributed by atoms with Crippen LogP contribution in [0.5, 0.6) is 51.7 Å². The van der Waals surface area contributed by atoms with E-state index < -0.39 is 260 Å². The number of aliphatic hydroxyl groups is 6. The number of rotatable bonds is 19. The number of ether oxygens (including phenoxy) is 7. The molecule has 2 fully saturated rings. The number of guanidine groups is 1. The van der Waals surface area contributed by atoms with Crippen LogP contribution in [0.1, 0.15) is 121 Å². The predicted molar refractivity (Wildman–Crippen MR) is 443 cm³/mol. The fraction of sp³-hybridized carbons (Fsp3) is 0.381. The Hall–Kier alpha value is -12.4. The van der Waals surface area contributed by atoms with Crippen LogP contribution < -0.4 is 88.7 Å². The third-order valence-corrected chi connectivity index (χ3v) is 22.5. The van der Waals surface area contributed by atoms with Crippen LogP contribution in [-0.4, -0.2) is 217 Å². The number of nitrogens with one attached hydrogen (secondary N) is 12. The number of fused-ring (bicyclic) bond motifs is 15. The zero-order valence-electron chi connectivity index (χ0n) is 68.4. The molecule has 18 atom stereocenters. The quantitative estimate of drug-likeness (QED) is 0.0517. The first kappa shape index (κ1) is 93.2. The lowest BCUT2D eigenvalue weighted by Crippen LogP contribution is -2.65. The molecule has 128 heavy (non-hydrogen) atoms. The molecule has 0 aliphatic carbocycles. The number of primary amides is 1. The zero-order valence-corrected chi connectivity index (χ0v) is 69.9. The number of nitrogens with two attached hydrogens (primary N) is 1. The number of aliphatic hydroxyl groups excluding tert-OH is 6. The standard InChI is InChI=1S/C84H91Cl2F3N14O25/c1-34(2)21-49(91-5)74(115)100-64-66(109)39-12-17-53(47(85)24-39)123-55-26-41-27-56(70(55)127-81-71(69(112)68(111)57(33-104)125-81)126-59-31-83(4,72(113)35(3)122-59)94-32-36-7-6-8-42(22-36)95-73(114)37-9-14-44(15-10-37)128-84(87,88)89)124-54-18-13-40(25-48(54)86)67(110)65-79(120)99-63(80(121)102-103-82-92-19-20-93-82)46-28-43(105)29-52(107)60(46)45-23-38(11-16-51(45)106)61(76(117)101-65)98-77(118)62(41)97-75(116)50(30-58(90)108)96-78(64)119/h6-18,22-29,34-35,49-50,57,59,61-69,71-72,81,91,94,104-107,109-113H,19-21,30-33H2,1-5H3,(H2,90,108)(H,95,114)(H,96,119)(H,97,116)(H,98,118)(H,99,120)(H,100,115)(H,101,117)(H,102,121)(H2,92,93,103)/t35-,49+,50-,57+,59-,61+,62+,63+,64+,65-,66+,67+,68+,69-,71+,72+,81-,83-/m0/s1. The molecule has 8 aliphatic rings. The first-order valence-electron chi connectivity index (χ1n) is 40.0. The molecule has 9 amide bonds. The van der Waals surface area contributed by atoms with E-state index in [1.54, 1.807) is 45.0 Å². The minimum atomic E-state index is -4.97. The minimum absolute atomic E-state index is 0.0102.